The molecule has 0 amide bonds. The second kappa shape index (κ2) is 4.37. The topological polar surface area (TPSA) is 63.8 Å². The summed E-state index contributed by atoms with van der Waals surface area (Å²) in [5.74, 6) is 0.719. The smallest absolute Gasteiger partial charge is 0.222 e. The van der Waals surface area contributed by atoms with E-state index in [1.54, 1.807) is 0 Å². The van der Waals surface area contributed by atoms with Gasteiger partial charge >= 0.3 is 0 Å². The molecular formula is C10H16N4. The number of rotatable bonds is 3. The van der Waals surface area contributed by atoms with Gasteiger partial charge < -0.3 is 11.1 Å². The molecule has 0 saturated heterocycles. The van der Waals surface area contributed by atoms with Gasteiger partial charge in [0.1, 0.15) is 0 Å². The molecule has 14 heavy (non-hydrogen) atoms. The van der Waals surface area contributed by atoms with Gasteiger partial charge in [0.25, 0.3) is 0 Å². The Kier molecular flexibility index (Phi) is 2.93. The molecule has 0 unspecified atom stereocenters. The van der Waals surface area contributed by atoms with Gasteiger partial charge in [-0.25, -0.2) is 9.97 Å². The minimum atomic E-state index is 0.612. The lowest BCUT2D eigenvalue weighted by molar-refractivity contribution is 0.663. The van der Waals surface area contributed by atoms with Crippen LogP contribution in [0.15, 0.2) is 6.20 Å². The van der Waals surface area contributed by atoms with Crippen LogP contribution in [0.4, 0.5) is 5.95 Å². The predicted molar refractivity (Wildman–Crippen MR) is 56.2 cm³/mol. The molecule has 4 heteroatoms. The zero-order valence-electron chi connectivity index (χ0n) is 8.29. The molecule has 0 fully saturated rings. The first-order valence-corrected chi connectivity index (χ1v) is 5.19. The van der Waals surface area contributed by atoms with Crippen molar-refractivity contribution in [3.8, 4) is 0 Å². The summed E-state index contributed by atoms with van der Waals surface area (Å²) >= 11 is 0. The number of nitrogens with zero attached hydrogens (tertiary/aromatic N) is 2. The van der Waals surface area contributed by atoms with Crippen molar-refractivity contribution in [3.63, 3.8) is 0 Å². The Bertz CT molecular complexity index is 311. The van der Waals surface area contributed by atoms with Gasteiger partial charge in [0, 0.05) is 25.0 Å². The predicted octanol–water partition coefficient (Wildman–Crippen LogP) is 0.726. The lowest BCUT2D eigenvalue weighted by Crippen LogP contribution is -2.16. The van der Waals surface area contributed by atoms with Crippen LogP contribution in [0.2, 0.25) is 0 Å². The zero-order valence-corrected chi connectivity index (χ0v) is 8.29. The van der Waals surface area contributed by atoms with Crippen LogP contribution >= 0.6 is 0 Å². The third-order valence-corrected chi connectivity index (χ3v) is 2.49. The summed E-state index contributed by atoms with van der Waals surface area (Å²) in [5, 5.41) is 3.10. The summed E-state index contributed by atoms with van der Waals surface area (Å²) in [5.41, 5.74) is 7.92. The number of anilines is 1. The number of aryl methyl sites for hydroxylation is 2. The minimum Gasteiger partial charge on any atom is -0.353 e. The molecule has 1 heterocycles. The maximum Gasteiger partial charge on any atom is 0.222 e. The largest absolute Gasteiger partial charge is 0.353 e. The number of hydrogen-bond acceptors (Lipinski definition) is 4. The lowest BCUT2D eigenvalue weighted by atomic mass is 9.98. The summed E-state index contributed by atoms with van der Waals surface area (Å²) in [6.45, 7) is 1.35. The molecule has 4 nitrogen and oxygen atoms in total. The van der Waals surface area contributed by atoms with Crippen LogP contribution < -0.4 is 11.1 Å². The van der Waals surface area contributed by atoms with Crippen molar-refractivity contribution in [2.75, 3.05) is 18.4 Å². The van der Waals surface area contributed by atoms with Crippen molar-refractivity contribution < 1.29 is 0 Å². The fourth-order valence-electron chi connectivity index (χ4n) is 1.74. The first-order chi connectivity index (χ1) is 6.90. The van der Waals surface area contributed by atoms with E-state index in [0.29, 0.717) is 6.54 Å². The fourth-order valence-corrected chi connectivity index (χ4v) is 1.74. The van der Waals surface area contributed by atoms with Gasteiger partial charge in [-0.15, -0.1) is 0 Å². The van der Waals surface area contributed by atoms with E-state index in [1.165, 1.54) is 24.1 Å². The van der Waals surface area contributed by atoms with Crippen molar-refractivity contribution in [2.45, 2.75) is 25.7 Å². The van der Waals surface area contributed by atoms with Crippen LogP contribution in [0.5, 0.6) is 0 Å². The third-order valence-electron chi connectivity index (χ3n) is 2.49. The molecule has 2 rings (SSSR count). The third kappa shape index (κ3) is 2.01. The van der Waals surface area contributed by atoms with Gasteiger partial charge in [-0.3, -0.25) is 0 Å². The van der Waals surface area contributed by atoms with E-state index in [4.69, 9.17) is 5.73 Å². The Hall–Kier alpha value is -1.16. The highest BCUT2D eigenvalue weighted by Gasteiger charge is 2.11. The number of nitrogens with two attached hydrogens (primary N) is 1. The van der Waals surface area contributed by atoms with Crippen LogP contribution in [-0.4, -0.2) is 23.1 Å². The van der Waals surface area contributed by atoms with Crippen LogP contribution in [0, 0.1) is 0 Å². The van der Waals surface area contributed by atoms with Crippen molar-refractivity contribution in [1.82, 2.24) is 9.97 Å². The van der Waals surface area contributed by atoms with Gasteiger partial charge in [-0.1, -0.05) is 0 Å². The molecule has 0 atom stereocenters. The quantitative estimate of drug-likeness (QED) is 0.741. The molecule has 76 valence electrons. The molecule has 0 aliphatic heterocycles. The van der Waals surface area contributed by atoms with E-state index in [1.807, 2.05) is 6.20 Å². The highest BCUT2D eigenvalue weighted by molar-refractivity contribution is 5.30. The molecule has 0 aromatic carbocycles. The molecular weight excluding hydrogens is 176 g/mol. The van der Waals surface area contributed by atoms with Crippen molar-refractivity contribution in [2.24, 2.45) is 5.73 Å². The Morgan fingerprint density at radius 3 is 3.07 bits per heavy atom. The van der Waals surface area contributed by atoms with Crippen LogP contribution in [-0.2, 0) is 12.8 Å². The van der Waals surface area contributed by atoms with Gasteiger partial charge in [0.05, 0.1) is 0 Å². The van der Waals surface area contributed by atoms with E-state index in [9.17, 15) is 0 Å². The maximum atomic E-state index is 5.40. The van der Waals surface area contributed by atoms with E-state index in [0.717, 1.165) is 25.3 Å². The standard InChI is InChI=1S/C10H16N4/c11-5-6-12-10-13-7-8-3-1-2-4-9(8)14-10/h7H,1-6,11H2,(H,12,13,14). The molecule has 0 bridgehead atoms. The summed E-state index contributed by atoms with van der Waals surface area (Å²) in [4.78, 5) is 8.72. The first kappa shape index (κ1) is 9.40. The summed E-state index contributed by atoms with van der Waals surface area (Å²) in [6, 6.07) is 0. The molecule has 3 N–H and O–H groups in total. The Morgan fingerprint density at radius 2 is 2.21 bits per heavy atom. The van der Waals surface area contributed by atoms with Gasteiger partial charge in [0.2, 0.25) is 5.95 Å². The average molecular weight is 192 g/mol. The maximum absolute atomic E-state index is 5.40. The highest BCUT2D eigenvalue weighted by atomic mass is 15.1. The molecule has 1 aliphatic carbocycles. The minimum absolute atomic E-state index is 0.612. The zero-order chi connectivity index (χ0) is 9.80. The second-order valence-corrected chi connectivity index (χ2v) is 3.59. The molecule has 1 aliphatic rings. The lowest BCUT2D eigenvalue weighted by Gasteiger charge is -2.14. The molecule has 0 saturated carbocycles. The van der Waals surface area contributed by atoms with Gasteiger partial charge in [0.15, 0.2) is 0 Å². The molecule has 1 aromatic heterocycles. The number of fused-ring (bicyclic) bond motifs is 1. The molecule has 0 spiro atoms. The SMILES string of the molecule is NCCNc1ncc2c(n1)CCCC2. The number of nitrogens with one attached hydrogen (secondary N) is 1. The van der Waals surface area contributed by atoms with E-state index in [2.05, 4.69) is 15.3 Å². The number of aromatic nitrogens is 2. The normalized spacial score (nSPS) is 14.9. The van der Waals surface area contributed by atoms with Crippen LogP contribution in [0.3, 0.4) is 0 Å². The Labute approximate surface area is 83.9 Å². The monoisotopic (exact) mass is 192 g/mol. The van der Waals surface area contributed by atoms with E-state index < -0.39 is 0 Å². The summed E-state index contributed by atoms with van der Waals surface area (Å²) in [7, 11) is 0. The molecule has 0 radical (unpaired) electrons. The highest BCUT2D eigenvalue weighted by Crippen LogP contribution is 2.19. The van der Waals surface area contributed by atoms with Crippen molar-refractivity contribution in [3.05, 3.63) is 17.5 Å². The average Bonchev–Trinajstić information content (AvgIpc) is 2.26. The van der Waals surface area contributed by atoms with Gasteiger partial charge in [-0.2, -0.15) is 0 Å². The van der Waals surface area contributed by atoms with E-state index >= 15 is 0 Å². The summed E-state index contributed by atoms with van der Waals surface area (Å²) in [6.07, 6.45) is 6.69. The van der Waals surface area contributed by atoms with E-state index in [-0.39, 0.29) is 0 Å². The van der Waals surface area contributed by atoms with Crippen LogP contribution in [0.25, 0.3) is 0 Å². The number of hydrogen-bond donors (Lipinski definition) is 2. The Balaban J connectivity index is 2.12. The van der Waals surface area contributed by atoms with Crippen molar-refractivity contribution in [1.29, 1.82) is 0 Å². The second-order valence-electron chi connectivity index (χ2n) is 3.59. The Morgan fingerprint density at radius 1 is 1.36 bits per heavy atom. The summed E-state index contributed by atoms with van der Waals surface area (Å²) < 4.78 is 0. The van der Waals surface area contributed by atoms with Crippen molar-refractivity contribution >= 4 is 5.95 Å². The van der Waals surface area contributed by atoms with Gasteiger partial charge in [-0.05, 0) is 31.2 Å². The molecule has 1 aromatic rings. The first-order valence-electron chi connectivity index (χ1n) is 5.19. The van der Waals surface area contributed by atoms with Crippen LogP contribution in [0.1, 0.15) is 24.1 Å². The fraction of sp³-hybridized carbons (Fsp3) is 0.600.